The Labute approximate surface area is 104 Å². The Bertz CT molecular complexity index is 442. The van der Waals surface area contributed by atoms with Crippen molar-refractivity contribution in [1.82, 2.24) is 26.6 Å². The molecular formula is C8H6N5O6. The smallest absolute Gasteiger partial charge is 0.276 e. The van der Waals surface area contributed by atoms with Gasteiger partial charge >= 0.3 is 12.1 Å². The minimum absolute atomic E-state index is 1.02. The van der Waals surface area contributed by atoms with Gasteiger partial charge in [0, 0.05) is 0 Å². The molecule has 2 saturated heterocycles. The number of urea groups is 2. The Balaban J connectivity index is 2.12. The molecule has 0 aromatic heterocycles. The molecule has 2 aliphatic rings. The zero-order chi connectivity index (χ0) is 14.2. The molecule has 0 bridgehead atoms. The third-order valence-electron chi connectivity index (χ3n) is 2.24. The molecule has 0 spiro atoms. The number of barbiturate groups is 2. The minimum atomic E-state index is -1.73. The van der Waals surface area contributed by atoms with Crippen LogP contribution in [0.4, 0.5) is 9.59 Å². The molecule has 11 heteroatoms. The van der Waals surface area contributed by atoms with Gasteiger partial charge in [-0.2, -0.15) is 5.32 Å². The Morgan fingerprint density at radius 1 is 0.579 bits per heavy atom. The molecule has 1 radical (unpaired) electrons. The lowest BCUT2D eigenvalue weighted by atomic mass is 10.1. The van der Waals surface area contributed by atoms with E-state index in [4.69, 9.17) is 0 Å². The second-order valence-corrected chi connectivity index (χ2v) is 3.57. The van der Waals surface area contributed by atoms with Gasteiger partial charge < -0.3 is 0 Å². The Morgan fingerprint density at radius 2 is 0.842 bits per heavy atom. The largest absolute Gasteiger partial charge is 0.328 e. The Kier molecular flexibility index (Phi) is 2.96. The van der Waals surface area contributed by atoms with Crippen LogP contribution >= 0.6 is 0 Å². The van der Waals surface area contributed by atoms with E-state index in [1.165, 1.54) is 0 Å². The van der Waals surface area contributed by atoms with Crippen molar-refractivity contribution in [3.63, 3.8) is 0 Å². The van der Waals surface area contributed by atoms with Gasteiger partial charge in [0.25, 0.3) is 23.6 Å². The topological polar surface area (TPSA) is 165 Å². The first-order valence-corrected chi connectivity index (χ1v) is 4.90. The van der Waals surface area contributed by atoms with E-state index < -0.39 is 47.8 Å². The predicted octanol–water partition coefficient (Wildman–Crippen LogP) is -3.94. The molecule has 0 unspecified atom stereocenters. The van der Waals surface area contributed by atoms with Crippen molar-refractivity contribution in [2.24, 2.45) is 0 Å². The van der Waals surface area contributed by atoms with Crippen LogP contribution in [0.25, 0.3) is 0 Å². The Morgan fingerprint density at radius 3 is 1.11 bits per heavy atom. The number of hydrogen-bond donors (Lipinski definition) is 4. The Hall–Kier alpha value is -2.82. The predicted molar refractivity (Wildman–Crippen MR) is 53.1 cm³/mol. The summed E-state index contributed by atoms with van der Waals surface area (Å²) in [5.74, 6) is -4.25. The second-order valence-electron chi connectivity index (χ2n) is 3.57. The van der Waals surface area contributed by atoms with Gasteiger partial charge in [0.2, 0.25) is 0 Å². The molecule has 0 aromatic carbocycles. The highest BCUT2D eigenvalue weighted by Crippen LogP contribution is 2.00. The van der Waals surface area contributed by atoms with Crippen LogP contribution in [0, 0.1) is 0 Å². The molecule has 0 atom stereocenters. The van der Waals surface area contributed by atoms with Gasteiger partial charge in [0.05, 0.1) is 0 Å². The third kappa shape index (κ3) is 2.40. The number of carbonyl (C=O) groups is 6. The summed E-state index contributed by atoms with van der Waals surface area (Å²) in [5, 5.41) is 10.5. The number of carbonyl (C=O) groups excluding carboxylic acids is 6. The molecule has 0 aliphatic carbocycles. The molecular weight excluding hydrogens is 262 g/mol. The number of rotatable bonds is 2. The molecule has 8 amide bonds. The molecule has 2 rings (SSSR count). The number of nitrogens with zero attached hydrogens (tertiary/aromatic N) is 1. The summed E-state index contributed by atoms with van der Waals surface area (Å²) < 4.78 is 0. The van der Waals surface area contributed by atoms with E-state index >= 15 is 0 Å². The van der Waals surface area contributed by atoms with Crippen molar-refractivity contribution >= 4 is 35.7 Å². The fourth-order valence-corrected chi connectivity index (χ4v) is 1.44. The van der Waals surface area contributed by atoms with Crippen LogP contribution in [0.5, 0.6) is 0 Å². The summed E-state index contributed by atoms with van der Waals surface area (Å²) in [7, 11) is 0. The van der Waals surface area contributed by atoms with Crippen LogP contribution in [0.1, 0.15) is 0 Å². The van der Waals surface area contributed by atoms with Crippen LogP contribution in [0.3, 0.4) is 0 Å². The summed E-state index contributed by atoms with van der Waals surface area (Å²) in [6.45, 7) is 0. The van der Waals surface area contributed by atoms with Crippen molar-refractivity contribution in [2.45, 2.75) is 12.1 Å². The number of hydrogen-bond acceptors (Lipinski definition) is 6. The SMILES string of the molecule is O=C1NC(=O)C([N]C2C(=O)NC(=O)NC2=O)C(=O)N1. The van der Waals surface area contributed by atoms with Gasteiger partial charge in [0.15, 0.2) is 12.1 Å². The summed E-state index contributed by atoms with van der Waals surface area (Å²) in [5.41, 5.74) is 0. The van der Waals surface area contributed by atoms with E-state index in [-0.39, 0.29) is 0 Å². The highest BCUT2D eigenvalue weighted by Gasteiger charge is 2.43. The van der Waals surface area contributed by atoms with Gasteiger partial charge in [-0.25, -0.2) is 9.59 Å². The third-order valence-corrected chi connectivity index (χ3v) is 2.24. The minimum Gasteiger partial charge on any atom is -0.276 e. The first-order chi connectivity index (χ1) is 8.88. The lowest BCUT2D eigenvalue weighted by Gasteiger charge is -2.25. The van der Waals surface area contributed by atoms with Crippen molar-refractivity contribution in [1.29, 1.82) is 0 Å². The number of amides is 8. The van der Waals surface area contributed by atoms with Crippen molar-refractivity contribution in [3.8, 4) is 0 Å². The van der Waals surface area contributed by atoms with E-state index in [0.717, 1.165) is 0 Å². The second kappa shape index (κ2) is 4.45. The van der Waals surface area contributed by atoms with E-state index in [1.807, 2.05) is 0 Å². The van der Waals surface area contributed by atoms with E-state index in [2.05, 4.69) is 5.32 Å². The lowest BCUT2D eigenvalue weighted by molar-refractivity contribution is -0.136. The molecule has 2 fully saturated rings. The van der Waals surface area contributed by atoms with Gasteiger partial charge in [-0.15, -0.1) is 0 Å². The van der Waals surface area contributed by atoms with Crippen LogP contribution in [0.2, 0.25) is 0 Å². The number of nitrogens with one attached hydrogen (secondary N) is 4. The van der Waals surface area contributed by atoms with Gasteiger partial charge in [-0.1, -0.05) is 0 Å². The van der Waals surface area contributed by atoms with Crippen LogP contribution in [-0.2, 0) is 19.2 Å². The summed E-state index contributed by atoms with van der Waals surface area (Å²) in [6, 6.07) is -5.50. The monoisotopic (exact) mass is 268 g/mol. The van der Waals surface area contributed by atoms with Gasteiger partial charge in [-0.3, -0.25) is 40.4 Å². The molecule has 0 saturated carbocycles. The fourth-order valence-electron chi connectivity index (χ4n) is 1.44. The zero-order valence-electron chi connectivity index (χ0n) is 9.05. The molecule has 2 heterocycles. The van der Waals surface area contributed by atoms with Crippen molar-refractivity contribution in [3.05, 3.63) is 0 Å². The maximum absolute atomic E-state index is 11.3. The maximum Gasteiger partial charge on any atom is 0.328 e. The molecule has 11 nitrogen and oxygen atoms in total. The molecule has 19 heavy (non-hydrogen) atoms. The highest BCUT2D eigenvalue weighted by atomic mass is 16.2. The highest BCUT2D eigenvalue weighted by molar-refractivity contribution is 6.22. The fraction of sp³-hybridized carbons (Fsp3) is 0.250. The lowest BCUT2D eigenvalue weighted by Crippen LogP contribution is -2.68. The molecule has 4 N–H and O–H groups in total. The standard InChI is InChI=1S/C8H6N5O6/c14-3-1(4(15)11-7(18)10-3)9-2-5(16)12-8(19)13-6(2)17/h1-2H,(H2,10,11,14,15,18)(H2,12,13,16,17,19). The van der Waals surface area contributed by atoms with Crippen LogP contribution < -0.4 is 26.6 Å². The normalized spacial score (nSPS) is 21.7. The molecule has 99 valence electrons. The van der Waals surface area contributed by atoms with Crippen LogP contribution in [0.15, 0.2) is 0 Å². The van der Waals surface area contributed by atoms with E-state index in [9.17, 15) is 28.8 Å². The summed E-state index contributed by atoms with van der Waals surface area (Å²) in [4.78, 5) is 67.0. The average Bonchev–Trinajstić information content (AvgIpc) is 2.25. The first kappa shape index (κ1) is 12.6. The maximum atomic E-state index is 11.3. The first-order valence-electron chi connectivity index (χ1n) is 4.90. The van der Waals surface area contributed by atoms with Gasteiger partial charge in [0.1, 0.15) is 0 Å². The van der Waals surface area contributed by atoms with Crippen LogP contribution in [-0.4, -0.2) is 47.8 Å². The summed E-state index contributed by atoms with van der Waals surface area (Å²) >= 11 is 0. The van der Waals surface area contributed by atoms with Crippen molar-refractivity contribution < 1.29 is 28.8 Å². The van der Waals surface area contributed by atoms with E-state index in [0.29, 0.717) is 0 Å². The van der Waals surface area contributed by atoms with Gasteiger partial charge in [-0.05, 0) is 0 Å². The quantitative estimate of drug-likeness (QED) is 0.373. The molecule has 0 aromatic rings. The van der Waals surface area contributed by atoms with E-state index in [1.54, 1.807) is 21.3 Å². The zero-order valence-corrected chi connectivity index (χ0v) is 9.05. The molecule has 2 aliphatic heterocycles. The average molecular weight is 268 g/mol. The van der Waals surface area contributed by atoms with Crippen molar-refractivity contribution in [2.75, 3.05) is 0 Å². The summed E-state index contributed by atoms with van der Waals surface area (Å²) in [6.07, 6.45) is 0. The number of imide groups is 4.